The van der Waals surface area contributed by atoms with Gasteiger partial charge in [0.05, 0.1) is 6.04 Å². The Morgan fingerprint density at radius 1 is 1.00 bits per heavy atom. The van der Waals surface area contributed by atoms with E-state index in [0.717, 1.165) is 36.8 Å². The minimum Gasteiger partial charge on any atom is -0.337 e. The van der Waals surface area contributed by atoms with Crippen molar-refractivity contribution >= 4 is 41.1 Å². The smallest absolute Gasteiger partial charge is 0.319 e. The first-order valence-corrected chi connectivity index (χ1v) is 11.6. The van der Waals surface area contributed by atoms with Gasteiger partial charge in [-0.15, -0.1) is 11.8 Å². The summed E-state index contributed by atoms with van der Waals surface area (Å²) >= 11 is 3.70. The lowest BCUT2D eigenvalue weighted by Gasteiger charge is -2.27. The molecule has 2 aromatic carbocycles. The van der Waals surface area contributed by atoms with Crippen LogP contribution in [0.4, 0.5) is 10.5 Å². The third kappa shape index (κ3) is 4.47. The fourth-order valence-electron chi connectivity index (χ4n) is 3.50. The number of urea groups is 1. The third-order valence-electron chi connectivity index (χ3n) is 4.93. The van der Waals surface area contributed by atoms with Crippen LogP contribution in [0.1, 0.15) is 28.4 Å². The van der Waals surface area contributed by atoms with Crippen molar-refractivity contribution in [3.63, 3.8) is 0 Å². The molecule has 2 heterocycles. The van der Waals surface area contributed by atoms with Gasteiger partial charge in [0.2, 0.25) is 0 Å². The van der Waals surface area contributed by atoms with Crippen LogP contribution in [0.3, 0.4) is 0 Å². The van der Waals surface area contributed by atoms with Gasteiger partial charge in [-0.25, -0.2) is 4.79 Å². The second kappa shape index (κ2) is 8.92. The SMILES string of the molecule is O=C(Nc1cccc(C(=O)N2CCSCC2)c1)N[C@@H]1CCSc2ccccc21. The summed E-state index contributed by atoms with van der Waals surface area (Å²) in [6.07, 6.45) is 0.903. The number of carbonyl (C=O) groups excluding carboxylic acids is 2. The molecule has 0 saturated carbocycles. The predicted octanol–water partition coefficient (Wildman–Crippen LogP) is 4.23. The highest BCUT2D eigenvalue weighted by Gasteiger charge is 2.22. The lowest BCUT2D eigenvalue weighted by molar-refractivity contribution is 0.0772. The van der Waals surface area contributed by atoms with E-state index in [1.165, 1.54) is 10.5 Å². The summed E-state index contributed by atoms with van der Waals surface area (Å²) in [4.78, 5) is 28.3. The van der Waals surface area contributed by atoms with Crippen molar-refractivity contribution in [3.05, 3.63) is 59.7 Å². The summed E-state index contributed by atoms with van der Waals surface area (Å²) in [5.41, 5.74) is 2.41. The van der Waals surface area contributed by atoms with Crippen molar-refractivity contribution in [3.8, 4) is 0 Å². The van der Waals surface area contributed by atoms with Gasteiger partial charge in [-0.05, 0) is 36.2 Å². The first-order valence-electron chi connectivity index (χ1n) is 9.47. The molecule has 146 valence electrons. The monoisotopic (exact) mass is 413 g/mol. The van der Waals surface area contributed by atoms with Crippen molar-refractivity contribution in [2.45, 2.75) is 17.4 Å². The lowest BCUT2D eigenvalue weighted by Crippen LogP contribution is -2.38. The number of fused-ring (bicyclic) bond motifs is 1. The molecule has 7 heteroatoms. The molecule has 3 amide bonds. The maximum Gasteiger partial charge on any atom is 0.319 e. The maximum absolute atomic E-state index is 12.7. The molecule has 0 unspecified atom stereocenters. The number of anilines is 1. The third-order valence-corrected chi connectivity index (χ3v) is 6.99. The average molecular weight is 414 g/mol. The van der Waals surface area contributed by atoms with Crippen LogP contribution >= 0.6 is 23.5 Å². The maximum atomic E-state index is 12.7. The molecule has 5 nitrogen and oxygen atoms in total. The molecule has 1 saturated heterocycles. The number of nitrogens with zero attached hydrogens (tertiary/aromatic N) is 1. The van der Waals surface area contributed by atoms with Crippen LogP contribution in [0.5, 0.6) is 0 Å². The summed E-state index contributed by atoms with van der Waals surface area (Å²) in [5.74, 6) is 2.98. The molecule has 0 aromatic heterocycles. The standard InChI is InChI=1S/C21H23N3O2S2/c25-20(24-9-12-27-13-10-24)15-4-3-5-16(14-15)22-21(26)23-18-8-11-28-19-7-2-1-6-17(18)19/h1-7,14,18H,8-13H2,(H2,22,23,26)/t18-/m1/s1. The number of hydrogen-bond donors (Lipinski definition) is 2. The van der Waals surface area contributed by atoms with E-state index in [2.05, 4.69) is 22.8 Å². The summed E-state index contributed by atoms with van der Waals surface area (Å²) in [6.45, 7) is 1.56. The Labute approximate surface area is 173 Å². The van der Waals surface area contributed by atoms with Gasteiger partial charge in [0.1, 0.15) is 0 Å². The van der Waals surface area contributed by atoms with Gasteiger partial charge in [-0.3, -0.25) is 4.79 Å². The van der Waals surface area contributed by atoms with Gasteiger partial charge in [0.15, 0.2) is 0 Å². The van der Waals surface area contributed by atoms with Crippen LogP contribution in [0, 0.1) is 0 Å². The van der Waals surface area contributed by atoms with Gasteiger partial charge >= 0.3 is 6.03 Å². The molecule has 2 aliphatic heterocycles. The van der Waals surface area contributed by atoms with E-state index in [1.54, 1.807) is 6.07 Å². The molecule has 1 fully saturated rings. The van der Waals surface area contributed by atoms with Crippen molar-refractivity contribution in [1.82, 2.24) is 10.2 Å². The van der Waals surface area contributed by atoms with Crippen LogP contribution in [-0.2, 0) is 0 Å². The number of thioether (sulfide) groups is 2. The Morgan fingerprint density at radius 3 is 2.68 bits per heavy atom. The highest BCUT2D eigenvalue weighted by Crippen LogP contribution is 2.35. The van der Waals surface area contributed by atoms with Crippen LogP contribution < -0.4 is 10.6 Å². The number of hydrogen-bond acceptors (Lipinski definition) is 4. The number of carbonyl (C=O) groups is 2. The quantitative estimate of drug-likeness (QED) is 0.790. The van der Waals surface area contributed by atoms with Crippen LogP contribution in [-0.4, -0.2) is 47.2 Å². The Hall–Kier alpha value is -2.12. The molecule has 0 aliphatic carbocycles. The molecule has 1 atom stereocenters. The lowest BCUT2D eigenvalue weighted by atomic mass is 10.0. The van der Waals surface area contributed by atoms with Gasteiger partial charge in [0, 0.05) is 46.5 Å². The van der Waals surface area contributed by atoms with Gasteiger partial charge in [-0.1, -0.05) is 24.3 Å². The Balaban J connectivity index is 1.41. The molecule has 2 aliphatic rings. The Bertz CT molecular complexity index is 868. The van der Waals surface area contributed by atoms with Crippen LogP contribution in [0.2, 0.25) is 0 Å². The fraction of sp³-hybridized carbons (Fsp3) is 0.333. The van der Waals surface area contributed by atoms with Crippen molar-refractivity contribution in [1.29, 1.82) is 0 Å². The molecule has 0 bridgehead atoms. The van der Waals surface area contributed by atoms with Gasteiger partial charge < -0.3 is 15.5 Å². The number of benzene rings is 2. The minimum absolute atomic E-state index is 0.00751. The number of amides is 3. The average Bonchev–Trinajstić information content (AvgIpc) is 2.74. The number of rotatable bonds is 3. The largest absolute Gasteiger partial charge is 0.337 e. The molecule has 0 radical (unpaired) electrons. The van der Waals surface area contributed by atoms with E-state index in [0.29, 0.717) is 11.3 Å². The Kier molecular flexibility index (Phi) is 6.12. The second-order valence-electron chi connectivity index (χ2n) is 6.81. The van der Waals surface area contributed by atoms with E-state index in [9.17, 15) is 9.59 Å². The molecular formula is C21H23N3O2S2. The van der Waals surface area contributed by atoms with E-state index < -0.39 is 0 Å². The molecular weight excluding hydrogens is 390 g/mol. The summed E-state index contributed by atoms with van der Waals surface area (Å²) in [6, 6.07) is 15.2. The highest BCUT2D eigenvalue weighted by atomic mass is 32.2. The van der Waals surface area contributed by atoms with Crippen molar-refractivity contribution in [2.24, 2.45) is 0 Å². The topological polar surface area (TPSA) is 61.4 Å². The zero-order valence-corrected chi connectivity index (χ0v) is 17.2. The molecule has 2 aromatic rings. The Morgan fingerprint density at radius 2 is 1.82 bits per heavy atom. The zero-order valence-electron chi connectivity index (χ0n) is 15.5. The first-order chi connectivity index (χ1) is 13.7. The van der Waals surface area contributed by atoms with Gasteiger partial charge in [-0.2, -0.15) is 11.8 Å². The summed E-state index contributed by atoms with van der Waals surface area (Å²) in [7, 11) is 0. The summed E-state index contributed by atoms with van der Waals surface area (Å²) in [5, 5.41) is 5.96. The molecule has 28 heavy (non-hydrogen) atoms. The second-order valence-corrected chi connectivity index (χ2v) is 9.17. The zero-order chi connectivity index (χ0) is 19.3. The highest BCUT2D eigenvalue weighted by molar-refractivity contribution is 7.99. The van der Waals surface area contributed by atoms with Crippen LogP contribution in [0.15, 0.2) is 53.4 Å². The molecule has 4 rings (SSSR count). The predicted molar refractivity (Wildman–Crippen MR) is 116 cm³/mol. The minimum atomic E-state index is -0.245. The first kappa shape index (κ1) is 19.2. The van der Waals surface area contributed by atoms with Crippen LogP contribution in [0.25, 0.3) is 0 Å². The summed E-state index contributed by atoms with van der Waals surface area (Å²) < 4.78 is 0. The fourth-order valence-corrected chi connectivity index (χ4v) is 5.52. The van der Waals surface area contributed by atoms with Crippen molar-refractivity contribution in [2.75, 3.05) is 35.7 Å². The number of nitrogens with one attached hydrogen (secondary N) is 2. The van der Waals surface area contributed by atoms with E-state index in [4.69, 9.17) is 0 Å². The van der Waals surface area contributed by atoms with E-state index in [-0.39, 0.29) is 18.0 Å². The van der Waals surface area contributed by atoms with E-state index in [1.807, 2.05) is 58.8 Å². The van der Waals surface area contributed by atoms with Crippen molar-refractivity contribution < 1.29 is 9.59 Å². The molecule has 2 N–H and O–H groups in total. The molecule has 0 spiro atoms. The van der Waals surface area contributed by atoms with E-state index >= 15 is 0 Å². The van der Waals surface area contributed by atoms with Gasteiger partial charge in [0.25, 0.3) is 5.91 Å². The normalized spacial score (nSPS) is 18.9.